The molecule has 6 heteroatoms. The molecule has 0 spiro atoms. The maximum Gasteiger partial charge on any atom is 0.257 e. The van der Waals surface area contributed by atoms with Crippen LogP contribution in [0, 0.1) is 5.82 Å². The fraction of sp³-hybridized carbons (Fsp3) is 0.333. The smallest absolute Gasteiger partial charge is 0.257 e. The van der Waals surface area contributed by atoms with Crippen molar-refractivity contribution in [3.05, 3.63) is 34.6 Å². The molecular weight excluding hydrogens is 259 g/mol. The van der Waals surface area contributed by atoms with Crippen molar-refractivity contribution < 1.29 is 14.0 Å². The van der Waals surface area contributed by atoms with Crippen LogP contribution in [0.1, 0.15) is 16.8 Å². The number of hydrogen-bond donors (Lipinski definition) is 1. The van der Waals surface area contributed by atoms with Gasteiger partial charge in [0.25, 0.3) is 5.91 Å². The van der Waals surface area contributed by atoms with Crippen molar-refractivity contribution in [2.24, 2.45) is 0 Å². The minimum atomic E-state index is -0.669. The van der Waals surface area contributed by atoms with Gasteiger partial charge in [-0.15, -0.1) is 0 Å². The highest BCUT2D eigenvalue weighted by molar-refractivity contribution is 6.30. The summed E-state index contributed by atoms with van der Waals surface area (Å²) in [5.74, 6) is -1.38. The van der Waals surface area contributed by atoms with Crippen molar-refractivity contribution in [3.8, 4) is 0 Å². The van der Waals surface area contributed by atoms with E-state index in [0.717, 1.165) is 6.07 Å². The molecule has 18 heavy (non-hydrogen) atoms. The third-order valence-electron chi connectivity index (χ3n) is 2.71. The zero-order valence-electron chi connectivity index (χ0n) is 9.58. The van der Waals surface area contributed by atoms with Crippen LogP contribution in [0.3, 0.4) is 0 Å². The molecule has 0 aliphatic carbocycles. The summed E-state index contributed by atoms with van der Waals surface area (Å²) in [6, 6.07) is 3.88. The number of benzene rings is 1. The van der Waals surface area contributed by atoms with E-state index < -0.39 is 11.7 Å². The molecule has 0 bridgehead atoms. The van der Waals surface area contributed by atoms with Crippen molar-refractivity contribution in [1.29, 1.82) is 0 Å². The maximum absolute atomic E-state index is 13.6. The summed E-state index contributed by atoms with van der Waals surface area (Å²) in [4.78, 5) is 24.8. The van der Waals surface area contributed by atoms with Crippen molar-refractivity contribution in [3.63, 3.8) is 0 Å². The minimum Gasteiger partial charge on any atom is -0.354 e. The van der Waals surface area contributed by atoms with Gasteiger partial charge in [-0.25, -0.2) is 4.39 Å². The molecule has 1 N–H and O–H groups in total. The Kier molecular flexibility index (Phi) is 3.81. The van der Waals surface area contributed by atoms with Gasteiger partial charge in [0.2, 0.25) is 5.91 Å². The van der Waals surface area contributed by atoms with E-state index in [4.69, 9.17) is 11.6 Å². The molecule has 1 fully saturated rings. The topological polar surface area (TPSA) is 49.4 Å². The molecule has 1 aliphatic heterocycles. The summed E-state index contributed by atoms with van der Waals surface area (Å²) in [5.41, 5.74) is -0.0610. The van der Waals surface area contributed by atoms with Crippen LogP contribution in [-0.2, 0) is 4.79 Å². The van der Waals surface area contributed by atoms with Crippen LogP contribution in [0.4, 0.5) is 4.39 Å². The zero-order chi connectivity index (χ0) is 13.1. The molecule has 0 saturated carbocycles. The van der Waals surface area contributed by atoms with Gasteiger partial charge in [-0.1, -0.05) is 11.6 Å². The van der Waals surface area contributed by atoms with Crippen LogP contribution >= 0.6 is 11.6 Å². The molecule has 1 aromatic carbocycles. The van der Waals surface area contributed by atoms with E-state index in [0.29, 0.717) is 19.5 Å². The Balaban J connectivity index is 2.21. The number of amides is 2. The first kappa shape index (κ1) is 12.8. The second-order valence-corrected chi connectivity index (χ2v) is 4.49. The molecule has 0 aromatic heterocycles. The monoisotopic (exact) mass is 270 g/mol. The molecule has 1 saturated heterocycles. The third kappa shape index (κ3) is 2.79. The van der Waals surface area contributed by atoms with Gasteiger partial charge in [0.1, 0.15) is 5.82 Å². The minimum absolute atomic E-state index is 0.0408. The lowest BCUT2D eigenvalue weighted by molar-refractivity contribution is -0.121. The van der Waals surface area contributed by atoms with Crippen LogP contribution in [0.15, 0.2) is 18.2 Å². The van der Waals surface area contributed by atoms with E-state index in [1.165, 1.54) is 17.0 Å². The second kappa shape index (κ2) is 5.35. The fourth-order valence-corrected chi connectivity index (χ4v) is 1.97. The molecule has 4 nitrogen and oxygen atoms in total. The summed E-state index contributed by atoms with van der Waals surface area (Å²) in [7, 11) is 0. The van der Waals surface area contributed by atoms with Gasteiger partial charge < -0.3 is 10.2 Å². The average molecular weight is 271 g/mol. The first-order chi connectivity index (χ1) is 8.58. The number of carbonyl (C=O) groups excluding carboxylic acids is 2. The Bertz CT molecular complexity index is 493. The Hall–Kier alpha value is -1.62. The van der Waals surface area contributed by atoms with E-state index in [-0.39, 0.29) is 23.0 Å². The van der Waals surface area contributed by atoms with Crippen molar-refractivity contribution in [2.45, 2.75) is 6.42 Å². The summed E-state index contributed by atoms with van der Waals surface area (Å²) in [5, 5.41) is 2.89. The van der Waals surface area contributed by atoms with Crippen molar-refractivity contribution in [2.75, 3.05) is 19.6 Å². The predicted octanol–water partition coefficient (Wildman–Crippen LogP) is 1.44. The Morgan fingerprint density at radius 2 is 2.22 bits per heavy atom. The molecule has 96 valence electrons. The standard InChI is InChI=1S/C12H12ClFN2O2/c13-8-2-3-9(10(14)6-8)12(18)16-5-1-4-15-11(17)7-16/h2-3,6H,1,4-5,7H2,(H,15,17). The zero-order valence-corrected chi connectivity index (χ0v) is 10.3. The van der Waals surface area contributed by atoms with Crippen LogP contribution in [0.2, 0.25) is 5.02 Å². The lowest BCUT2D eigenvalue weighted by Gasteiger charge is -2.19. The van der Waals surface area contributed by atoms with Gasteiger partial charge in [0, 0.05) is 18.1 Å². The molecule has 1 aromatic rings. The van der Waals surface area contributed by atoms with Crippen molar-refractivity contribution >= 4 is 23.4 Å². The predicted molar refractivity (Wildman–Crippen MR) is 64.9 cm³/mol. The first-order valence-electron chi connectivity index (χ1n) is 5.59. The number of hydrogen-bond acceptors (Lipinski definition) is 2. The van der Waals surface area contributed by atoms with Gasteiger partial charge in [-0.05, 0) is 24.6 Å². The quantitative estimate of drug-likeness (QED) is 0.840. The lowest BCUT2D eigenvalue weighted by Crippen LogP contribution is -2.37. The maximum atomic E-state index is 13.6. The van der Waals surface area contributed by atoms with Gasteiger partial charge in [0.05, 0.1) is 12.1 Å². The SMILES string of the molecule is O=C1CN(C(=O)c2ccc(Cl)cc2F)CCCN1. The molecule has 0 atom stereocenters. The summed E-state index contributed by atoms with van der Waals surface area (Å²) in [6.45, 7) is 0.923. The Labute approximate surface area is 109 Å². The van der Waals surface area contributed by atoms with Gasteiger partial charge in [-0.3, -0.25) is 9.59 Å². The molecule has 2 rings (SSSR count). The largest absolute Gasteiger partial charge is 0.354 e. The fourth-order valence-electron chi connectivity index (χ4n) is 1.81. The molecule has 0 radical (unpaired) electrons. The van der Waals surface area contributed by atoms with Crippen LogP contribution in [-0.4, -0.2) is 36.3 Å². The summed E-state index contributed by atoms with van der Waals surface area (Å²) < 4.78 is 13.6. The van der Waals surface area contributed by atoms with E-state index >= 15 is 0 Å². The van der Waals surface area contributed by atoms with E-state index in [9.17, 15) is 14.0 Å². The molecule has 2 amide bonds. The first-order valence-corrected chi connectivity index (χ1v) is 5.97. The Morgan fingerprint density at radius 3 is 2.94 bits per heavy atom. The van der Waals surface area contributed by atoms with Gasteiger partial charge >= 0.3 is 0 Å². The number of carbonyl (C=O) groups is 2. The third-order valence-corrected chi connectivity index (χ3v) is 2.95. The molecular formula is C12H12ClFN2O2. The second-order valence-electron chi connectivity index (χ2n) is 4.05. The normalized spacial score (nSPS) is 16.1. The van der Waals surface area contributed by atoms with Gasteiger partial charge in [0.15, 0.2) is 0 Å². The van der Waals surface area contributed by atoms with Crippen LogP contribution < -0.4 is 5.32 Å². The van der Waals surface area contributed by atoms with E-state index in [1.54, 1.807) is 0 Å². The molecule has 1 heterocycles. The molecule has 1 aliphatic rings. The lowest BCUT2D eigenvalue weighted by atomic mass is 10.2. The Morgan fingerprint density at radius 1 is 1.44 bits per heavy atom. The average Bonchev–Trinajstić information content (AvgIpc) is 2.53. The number of nitrogens with zero attached hydrogens (tertiary/aromatic N) is 1. The van der Waals surface area contributed by atoms with Gasteiger partial charge in [-0.2, -0.15) is 0 Å². The number of nitrogens with one attached hydrogen (secondary N) is 1. The highest BCUT2D eigenvalue weighted by atomic mass is 35.5. The summed E-state index contributed by atoms with van der Waals surface area (Å²) in [6.07, 6.45) is 0.659. The highest BCUT2D eigenvalue weighted by Gasteiger charge is 2.23. The summed E-state index contributed by atoms with van der Waals surface area (Å²) >= 11 is 5.63. The highest BCUT2D eigenvalue weighted by Crippen LogP contribution is 2.16. The number of halogens is 2. The van der Waals surface area contributed by atoms with Crippen molar-refractivity contribution in [1.82, 2.24) is 10.2 Å². The van der Waals surface area contributed by atoms with E-state index in [1.807, 2.05) is 0 Å². The van der Waals surface area contributed by atoms with Crippen LogP contribution in [0.25, 0.3) is 0 Å². The van der Waals surface area contributed by atoms with E-state index in [2.05, 4.69) is 5.32 Å². The van der Waals surface area contributed by atoms with Crippen LogP contribution in [0.5, 0.6) is 0 Å². The molecule has 0 unspecified atom stereocenters. The number of rotatable bonds is 1.